The van der Waals surface area contributed by atoms with E-state index in [1.165, 1.54) is 0 Å². The summed E-state index contributed by atoms with van der Waals surface area (Å²) in [5.74, 6) is -0.720. The third-order valence-corrected chi connectivity index (χ3v) is 3.00. The van der Waals surface area contributed by atoms with Crippen molar-refractivity contribution in [3.8, 4) is 0 Å². The van der Waals surface area contributed by atoms with Gasteiger partial charge in [0, 0.05) is 0 Å². The van der Waals surface area contributed by atoms with Gasteiger partial charge in [0.2, 0.25) is 0 Å². The van der Waals surface area contributed by atoms with Crippen molar-refractivity contribution in [2.45, 2.75) is 31.7 Å². The number of ether oxygens (including phenoxy) is 1. The number of rotatable bonds is 5. The molecule has 2 unspecified atom stereocenters. The van der Waals surface area contributed by atoms with Gasteiger partial charge >= 0.3 is 12.1 Å². The summed E-state index contributed by atoms with van der Waals surface area (Å²) in [6.07, 6.45) is -8.14. The Morgan fingerprint density at radius 1 is 1.38 bits per heavy atom. The van der Waals surface area contributed by atoms with Gasteiger partial charge in [0.05, 0.1) is 29.7 Å². The summed E-state index contributed by atoms with van der Waals surface area (Å²) in [6, 6.07) is 2.61. The minimum atomic E-state index is -4.61. The molecular formula is C13H14ClF3O4. The summed E-state index contributed by atoms with van der Waals surface area (Å²) in [5.41, 5.74) is -1.07. The first kappa shape index (κ1) is 17.7. The van der Waals surface area contributed by atoms with Crippen LogP contribution in [0.3, 0.4) is 0 Å². The van der Waals surface area contributed by atoms with Crippen molar-refractivity contribution in [3.05, 3.63) is 34.3 Å². The molecule has 0 radical (unpaired) electrons. The second kappa shape index (κ2) is 7.11. The third-order valence-electron chi connectivity index (χ3n) is 2.69. The molecular weight excluding hydrogens is 313 g/mol. The van der Waals surface area contributed by atoms with Crippen molar-refractivity contribution < 1.29 is 32.9 Å². The molecule has 0 fully saturated rings. The molecule has 0 spiro atoms. The minimum Gasteiger partial charge on any atom is -0.466 e. The van der Waals surface area contributed by atoms with Crippen molar-refractivity contribution in [3.63, 3.8) is 0 Å². The second-order valence-electron chi connectivity index (χ2n) is 4.26. The molecule has 4 nitrogen and oxygen atoms in total. The number of aliphatic hydroxyl groups excluding tert-OH is 2. The van der Waals surface area contributed by atoms with Crippen LogP contribution < -0.4 is 0 Å². The normalized spacial score (nSPS) is 14.6. The summed E-state index contributed by atoms with van der Waals surface area (Å²) >= 11 is 5.51. The first-order chi connectivity index (χ1) is 9.66. The van der Waals surface area contributed by atoms with Gasteiger partial charge in [-0.15, -0.1) is 0 Å². The van der Waals surface area contributed by atoms with Gasteiger partial charge in [0.25, 0.3) is 0 Å². The van der Waals surface area contributed by atoms with Gasteiger partial charge in [0.1, 0.15) is 6.10 Å². The second-order valence-corrected chi connectivity index (χ2v) is 4.67. The molecule has 2 N–H and O–H groups in total. The Morgan fingerprint density at radius 3 is 2.48 bits per heavy atom. The molecule has 21 heavy (non-hydrogen) atoms. The zero-order valence-corrected chi connectivity index (χ0v) is 11.8. The fraction of sp³-hybridized carbons (Fsp3) is 0.462. The van der Waals surface area contributed by atoms with Gasteiger partial charge in [-0.05, 0) is 24.6 Å². The minimum absolute atomic E-state index is 0.0233. The van der Waals surface area contributed by atoms with Crippen LogP contribution in [0.15, 0.2) is 18.2 Å². The highest BCUT2D eigenvalue weighted by molar-refractivity contribution is 6.31. The summed E-state index contributed by atoms with van der Waals surface area (Å²) < 4.78 is 42.2. The molecule has 0 bridgehead atoms. The van der Waals surface area contributed by atoms with Crippen LogP contribution in [0.5, 0.6) is 0 Å². The standard InChI is InChI=1S/C13H14ClF3O4/c1-2-21-11(19)6-10(18)12(20)7-3-4-8(9(14)5-7)13(15,16)17/h3-5,10,12,18,20H,2,6H2,1H3. The molecule has 1 rings (SSSR count). The lowest BCUT2D eigenvalue weighted by Crippen LogP contribution is -2.23. The molecule has 0 saturated heterocycles. The summed E-state index contributed by atoms with van der Waals surface area (Å²) in [5, 5.41) is 18.9. The van der Waals surface area contributed by atoms with Gasteiger partial charge in [-0.1, -0.05) is 17.7 Å². The molecule has 0 aromatic heterocycles. The van der Waals surface area contributed by atoms with Crippen molar-refractivity contribution >= 4 is 17.6 Å². The third kappa shape index (κ3) is 4.87. The number of alkyl halides is 3. The maximum absolute atomic E-state index is 12.5. The molecule has 1 aromatic carbocycles. The van der Waals surface area contributed by atoms with Crippen molar-refractivity contribution in [1.82, 2.24) is 0 Å². The lowest BCUT2D eigenvalue weighted by atomic mass is 10.0. The lowest BCUT2D eigenvalue weighted by molar-refractivity contribution is -0.147. The highest BCUT2D eigenvalue weighted by Gasteiger charge is 2.33. The van der Waals surface area contributed by atoms with Gasteiger partial charge in [-0.3, -0.25) is 4.79 Å². The van der Waals surface area contributed by atoms with E-state index in [2.05, 4.69) is 4.74 Å². The molecule has 0 saturated carbocycles. The SMILES string of the molecule is CCOC(=O)CC(O)C(O)c1ccc(C(F)(F)F)c(Cl)c1. The Hall–Kier alpha value is -1.31. The van der Waals surface area contributed by atoms with Crippen LogP contribution in [0.2, 0.25) is 5.02 Å². The maximum atomic E-state index is 12.5. The van der Waals surface area contributed by atoms with E-state index < -0.39 is 41.4 Å². The molecule has 2 atom stereocenters. The molecule has 118 valence electrons. The van der Waals surface area contributed by atoms with E-state index in [4.69, 9.17) is 11.6 Å². The Morgan fingerprint density at radius 2 is 2.00 bits per heavy atom. The number of benzene rings is 1. The fourth-order valence-corrected chi connectivity index (χ4v) is 1.97. The zero-order valence-electron chi connectivity index (χ0n) is 11.0. The van der Waals surface area contributed by atoms with Crippen molar-refractivity contribution in [2.24, 2.45) is 0 Å². The molecule has 0 aliphatic heterocycles. The first-order valence-corrected chi connectivity index (χ1v) is 6.43. The lowest BCUT2D eigenvalue weighted by Gasteiger charge is -2.18. The van der Waals surface area contributed by atoms with Gasteiger partial charge in [-0.25, -0.2) is 0 Å². The maximum Gasteiger partial charge on any atom is 0.417 e. The van der Waals surface area contributed by atoms with Gasteiger partial charge < -0.3 is 14.9 Å². The van der Waals surface area contributed by atoms with E-state index in [1.54, 1.807) is 6.92 Å². The van der Waals surface area contributed by atoms with Crippen LogP contribution >= 0.6 is 11.6 Å². The van der Waals surface area contributed by atoms with E-state index in [-0.39, 0.29) is 12.2 Å². The Kier molecular flexibility index (Phi) is 6.00. The van der Waals surface area contributed by atoms with Crippen LogP contribution in [-0.2, 0) is 15.7 Å². The smallest absolute Gasteiger partial charge is 0.417 e. The molecule has 0 heterocycles. The topological polar surface area (TPSA) is 66.8 Å². The van der Waals surface area contributed by atoms with Crippen molar-refractivity contribution in [1.29, 1.82) is 0 Å². The zero-order chi connectivity index (χ0) is 16.2. The average Bonchev–Trinajstić information content (AvgIpc) is 2.36. The molecule has 1 aromatic rings. The van der Waals surface area contributed by atoms with Crippen molar-refractivity contribution in [2.75, 3.05) is 6.61 Å². The van der Waals surface area contributed by atoms with Crippen LogP contribution in [0, 0.1) is 0 Å². The van der Waals surface area contributed by atoms with E-state index in [1.807, 2.05) is 0 Å². The fourth-order valence-electron chi connectivity index (χ4n) is 1.67. The summed E-state index contributed by atoms with van der Waals surface area (Å²) in [4.78, 5) is 11.2. The van der Waals surface area contributed by atoms with Gasteiger partial charge in [-0.2, -0.15) is 13.2 Å². The van der Waals surface area contributed by atoms with Crippen LogP contribution in [0.4, 0.5) is 13.2 Å². The van der Waals surface area contributed by atoms with Crippen LogP contribution in [-0.4, -0.2) is 28.9 Å². The molecule has 0 aliphatic rings. The number of halogens is 4. The predicted molar refractivity (Wildman–Crippen MR) is 68.7 cm³/mol. The highest BCUT2D eigenvalue weighted by Crippen LogP contribution is 2.36. The average molecular weight is 327 g/mol. The predicted octanol–water partition coefficient (Wildman–Crippen LogP) is 2.71. The van der Waals surface area contributed by atoms with Crippen LogP contribution in [0.25, 0.3) is 0 Å². The Balaban J connectivity index is 2.86. The van der Waals surface area contributed by atoms with E-state index in [9.17, 15) is 28.2 Å². The largest absolute Gasteiger partial charge is 0.466 e. The molecule has 0 amide bonds. The number of hydrogen-bond donors (Lipinski definition) is 2. The highest BCUT2D eigenvalue weighted by atomic mass is 35.5. The number of aliphatic hydroxyl groups is 2. The van der Waals surface area contributed by atoms with E-state index in [0.717, 1.165) is 12.1 Å². The Labute approximate surface area is 124 Å². The number of esters is 1. The van der Waals surface area contributed by atoms with E-state index >= 15 is 0 Å². The quantitative estimate of drug-likeness (QED) is 0.816. The number of carbonyl (C=O) groups is 1. The van der Waals surface area contributed by atoms with Gasteiger partial charge in [0.15, 0.2) is 0 Å². The summed E-state index contributed by atoms with van der Waals surface area (Å²) in [7, 11) is 0. The monoisotopic (exact) mass is 326 g/mol. The number of carbonyl (C=O) groups excluding carboxylic acids is 1. The first-order valence-electron chi connectivity index (χ1n) is 6.05. The Bertz CT molecular complexity index is 505. The van der Waals surface area contributed by atoms with E-state index in [0.29, 0.717) is 6.07 Å². The van der Waals surface area contributed by atoms with Crippen LogP contribution in [0.1, 0.15) is 30.6 Å². The number of hydrogen-bond acceptors (Lipinski definition) is 4. The molecule has 0 aliphatic carbocycles. The summed E-state index contributed by atoms with van der Waals surface area (Å²) in [6.45, 7) is 1.70. The molecule has 8 heteroatoms.